The molecular weight excluding hydrogens is 240 g/mol. The van der Waals surface area contributed by atoms with E-state index < -0.39 is 0 Å². The molecule has 90 valence electrons. The largest absolute Gasteiger partial charge is 0.352 e. The summed E-state index contributed by atoms with van der Waals surface area (Å²) in [7, 11) is 0. The third-order valence-electron chi connectivity index (χ3n) is 3.18. The highest BCUT2D eigenvalue weighted by atomic mass is 32.1. The number of hydrogen-bond acceptors (Lipinski definition) is 1. The summed E-state index contributed by atoms with van der Waals surface area (Å²) in [5, 5.41) is 1.11. The highest BCUT2D eigenvalue weighted by molar-refractivity contribution is 7.71. The average molecular weight is 254 g/mol. The summed E-state index contributed by atoms with van der Waals surface area (Å²) in [6, 6.07) is 12.8. The Kier molecular flexibility index (Phi) is 2.76. The maximum Gasteiger partial charge on any atom is 0.112 e. The molecular formula is C15H14N2S. The molecule has 1 N–H and O–H groups in total. The summed E-state index contributed by atoms with van der Waals surface area (Å²) in [5.74, 6) is 0. The molecule has 0 unspecified atom stereocenters. The van der Waals surface area contributed by atoms with Gasteiger partial charge in [-0.05, 0) is 24.6 Å². The quantitative estimate of drug-likeness (QED) is 0.684. The molecule has 3 aromatic rings. The van der Waals surface area contributed by atoms with E-state index in [2.05, 4.69) is 59.1 Å². The van der Waals surface area contributed by atoms with Gasteiger partial charge in [-0.1, -0.05) is 42.0 Å². The van der Waals surface area contributed by atoms with Crippen LogP contribution in [0, 0.1) is 11.6 Å². The molecule has 0 aliphatic heterocycles. The van der Waals surface area contributed by atoms with Crippen LogP contribution < -0.4 is 0 Å². The van der Waals surface area contributed by atoms with E-state index >= 15 is 0 Å². The third kappa shape index (κ3) is 1.97. The van der Waals surface area contributed by atoms with Gasteiger partial charge in [0.1, 0.15) is 4.64 Å². The first kappa shape index (κ1) is 11.2. The van der Waals surface area contributed by atoms with Gasteiger partial charge in [-0.15, -0.1) is 0 Å². The maximum absolute atomic E-state index is 5.28. The van der Waals surface area contributed by atoms with Crippen LogP contribution in [0.3, 0.4) is 0 Å². The van der Waals surface area contributed by atoms with Gasteiger partial charge in [0.2, 0.25) is 0 Å². The Morgan fingerprint density at radius 1 is 1.11 bits per heavy atom. The number of fused-ring (bicyclic) bond motifs is 1. The van der Waals surface area contributed by atoms with Gasteiger partial charge >= 0.3 is 0 Å². The van der Waals surface area contributed by atoms with Crippen molar-refractivity contribution < 1.29 is 0 Å². The van der Waals surface area contributed by atoms with Crippen molar-refractivity contribution in [2.45, 2.75) is 13.5 Å². The van der Waals surface area contributed by atoms with Gasteiger partial charge in [0.25, 0.3) is 0 Å². The molecule has 0 atom stereocenters. The van der Waals surface area contributed by atoms with Gasteiger partial charge in [0.15, 0.2) is 0 Å². The van der Waals surface area contributed by atoms with E-state index in [9.17, 15) is 0 Å². The highest BCUT2D eigenvalue weighted by Crippen LogP contribution is 2.17. The minimum Gasteiger partial charge on any atom is -0.352 e. The Morgan fingerprint density at radius 3 is 2.67 bits per heavy atom. The van der Waals surface area contributed by atoms with E-state index in [1.165, 1.54) is 16.6 Å². The smallest absolute Gasteiger partial charge is 0.112 e. The summed E-state index contributed by atoms with van der Waals surface area (Å²) < 4.78 is 3.03. The van der Waals surface area contributed by atoms with Crippen molar-refractivity contribution in [3.63, 3.8) is 0 Å². The van der Waals surface area contributed by atoms with Crippen molar-refractivity contribution >= 4 is 23.1 Å². The standard InChI is InChI=1S/C15H14N2S/c1-11-2-4-12(5-3-11)10-17-9-7-13-14(17)6-8-16-15(13)18/h2-9H,10H2,1H3,(H,16,18). The van der Waals surface area contributed by atoms with E-state index in [-0.39, 0.29) is 0 Å². The second kappa shape index (κ2) is 4.42. The van der Waals surface area contributed by atoms with Gasteiger partial charge in [0.05, 0.1) is 5.52 Å². The van der Waals surface area contributed by atoms with Crippen molar-refractivity contribution in [1.82, 2.24) is 9.55 Å². The van der Waals surface area contributed by atoms with Crippen molar-refractivity contribution in [3.8, 4) is 0 Å². The molecule has 18 heavy (non-hydrogen) atoms. The van der Waals surface area contributed by atoms with Crippen molar-refractivity contribution in [2.75, 3.05) is 0 Å². The Balaban J connectivity index is 2.03. The molecule has 0 saturated heterocycles. The first-order chi connectivity index (χ1) is 8.74. The van der Waals surface area contributed by atoms with Gasteiger partial charge in [-0.25, -0.2) is 0 Å². The lowest BCUT2D eigenvalue weighted by molar-refractivity contribution is 0.836. The van der Waals surface area contributed by atoms with Crippen molar-refractivity contribution in [2.24, 2.45) is 0 Å². The molecule has 0 aliphatic rings. The molecule has 0 aliphatic carbocycles. The lowest BCUT2D eigenvalue weighted by atomic mass is 10.1. The van der Waals surface area contributed by atoms with Crippen LogP contribution in [0.2, 0.25) is 0 Å². The summed E-state index contributed by atoms with van der Waals surface area (Å²) >= 11 is 5.28. The van der Waals surface area contributed by atoms with Crippen LogP contribution in [0.4, 0.5) is 0 Å². The highest BCUT2D eigenvalue weighted by Gasteiger charge is 2.02. The predicted octanol–water partition coefficient (Wildman–Crippen LogP) is 4.06. The molecule has 2 aromatic heterocycles. The number of rotatable bonds is 2. The molecule has 0 fully saturated rings. The van der Waals surface area contributed by atoms with Crippen molar-refractivity contribution in [1.29, 1.82) is 0 Å². The summed E-state index contributed by atoms with van der Waals surface area (Å²) in [4.78, 5) is 3.06. The molecule has 0 amide bonds. The molecule has 0 saturated carbocycles. The Labute approximate surface area is 111 Å². The number of hydrogen-bond donors (Lipinski definition) is 1. The van der Waals surface area contributed by atoms with Gasteiger partial charge in [0, 0.05) is 24.3 Å². The van der Waals surface area contributed by atoms with Gasteiger partial charge < -0.3 is 9.55 Å². The first-order valence-electron chi connectivity index (χ1n) is 5.96. The fourth-order valence-corrected chi connectivity index (χ4v) is 2.41. The maximum atomic E-state index is 5.28. The molecule has 1 aromatic carbocycles. The predicted molar refractivity (Wildman–Crippen MR) is 77.4 cm³/mol. The van der Waals surface area contributed by atoms with Crippen LogP contribution in [0.1, 0.15) is 11.1 Å². The van der Waals surface area contributed by atoms with Crippen LogP contribution in [-0.4, -0.2) is 9.55 Å². The lowest BCUT2D eigenvalue weighted by Gasteiger charge is -2.06. The number of pyridine rings is 1. The lowest BCUT2D eigenvalue weighted by Crippen LogP contribution is -1.97. The monoisotopic (exact) mass is 254 g/mol. The van der Waals surface area contributed by atoms with Gasteiger partial charge in [-0.3, -0.25) is 0 Å². The number of H-pyrrole nitrogens is 1. The Morgan fingerprint density at radius 2 is 1.89 bits per heavy atom. The van der Waals surface area contributed by atoms with Crippen LogP contribution in [0.5, 0.6) is 0 Å². The van der Waals surface area contributed by atoms with Crippen molar-refractivity contribution in [3.05, 3.63) is 64.6 Å². The SMILES string of the molecule is Cc1ccc(Cn2ccc3c(=S)[nH]ccc32)cc1. The van der Waals surface area contributed by atoms with E-state index in [0.717, 1.165) is 16.6 Å². The molecule has 0 bridgehead atoms. The van der Waals surface area contributed by atoms with Crippen LogP contribution in [-0.2, 0) is 6.54 Å². The molecule has 2 heterocycles. The number of aromatic amines is 1. The van der Waals surface area contributed by atoms with Crippen LogP contribution >= 0.6 is 12.2 Å². The molecule has 0 spiro atoms. The van der Waals surface area contributed by atoms with E-state index in [4.69, 9.17) is 12.2 Å². The van der Waals surface area contributed by atoms with E-state index in [1.807, 2.05) is 6.20 Å². The normalized spacial score (nSPS) is 10.9. The summed E-state index contributed by atoms with van der Waals surface area (Å²) in [6.45, 7) is 2.98. The molecule has 3 heteroatoms. The second-order valence-corrected chi connectivity index (χ2v) is 4.94. The Bertz CT molecular complexity index is 735. The fraction of sp³-hybridized carbons (Fsp3) is 0.133. The first-order valence-corrected chi connectivity index (χ1v) is 6.37. The second-order valence-electron chi connectivity index (χ2n) is 4.53. The topological polar surface area (TPSA) is 20.7 Å². The molecule has 0 radical (unpaired) electrons. The number of nitrogens with zero attached hydrogens (tertiary/aromatic N) is 1. The number of nitrogens with one attached hydrogen (secondary N) is 1. The minimum absolute atomic E-state index is 0.801. The van der Waals surface area contributed by atoms with Crippen LogP contribution in [0.25, 0.3) is 10.9 Å². The van der Waals surface area contributed by atoms with E-state index in [1.54, 1.807) is 0 Å². The third-order valence-corrected chi connectivity index (χ3v) is 3.52. The molecule has 3 rings (SSSR count). The van der Waals surface area contributed by atoms with Gasteiger partial charge in [-0.2, -0.15) is 0 Å². The minimum atomic E-state index is 0.801. The average Bonchev–Trinajstić information content (AvgIpc) is 2.77. The number of aryl methyl sites for hydroxylation is 1. The number of benzene rings is 1. The van der Waals surface area contributed by atoms with Crippen LogP contribution in [0.15, 0.2) is 48.8 Å². The Hall–Kier alpha value is -1.87. The zero-order valence-electron chi connectivity index (χ0n) is 10.2. The summed E-state index contributed by atoms with van der Waals surface area (Å²) in [5.41, 5.74) is 3.77. The zero-order valence-corrected chi connectivity index (χ0v) is 11.0. The molecule has 2 nitrogen and oxygen atoms in total. The van der Waals surface area contributed by atoms with E-state index in [0.29, 0.717) is 0 Å². The summed E-state index contributed by atoms with van der Waals surface area (Å²) in [6.07, 6.45) is 3.99. The number of aromatic nitrogens is 2. The zero-order chi connectivity index (χ0) is 12.5. The fourth-order valence-electron chi connectivity index (χ4n) is 2.16.